The quantitative estimate of drug-likeness (QED) is 0.510. The van der Waals surface area contributed by atoms with Gasteiger partial charge in [0.05, 0.1) is 12.2 Å². The fourth-order valence-electron chi connectivity index (χ4n) is 1.37. The van der Waals surface area contributed by atoms with E-state index in [1.54, 1.807) is 10.9 Å². The van der Waals surface area contributed by atoms with Crippen molar-refractivity contribution in [1.82, 2.24) is 14.7 Å². The molecular weight excluding hydrogens is 317 g/mol. The molecule has 0 amide bonds. The first-order chi connectivity index (χ1) is 7.19. The van der Waals surface area contributed by atoms with Gasteiger partial charge in [-0.15, -0.1) is 24.0 Å². The van der Waals surface area contributed by atoms with Gasteiger partial charge in [0.25, 0.3) is 0 Å². The summed E-state index contributed by atoms with van der Waals surface area (Å²) in [4.78, 5) is 6.35. The van der Waals surface area contributed by atoms with Gasteiger partial charge in [0, 0.05) is 26.3 Å². The van der Waals surface area contributed by atoms with Gasteiger partial charge in [-0.3, -0.25) is 4.68 Å². The topological polar surface area (TPSA) is 59.4 Å². The molecule has 0 aliphatic carbocycles. The molecule has 0 atom stereocenters. The molecule has 0 radical (unpaired) electrons. The molecule has 0 spiro atoms. The Morgan fingerprint density at radius 3 is 2.56 bits per heavy atom. The van der Waals surface area contributed by atoms with Gasteiger partial charge in [0.2, 0.25) is 0 Å². The first-order valence-corrected chi connectivity index (χ1v) is 5.20. The molecule has 0 fully saturated rings. The minimum absolute atomic E-state index is 0. The number of aryl methyl sites for hydroxylation is 1. The van der Waals surface area contributed by atoms with E-state index >= 15 is 0 Å². The molecule has 5 nitrogen and oxygen atoms in total. The molecule has 2 N–H and O–H groups in total. The Morgan fingerprint density at radius 1 is 1.50 bits per heavy atom. The number of hydrogen-bond donors (Lipinski definition) is 1. The fourth-order valence-corrected chi connectivity index (χ4v) is 1.37. The first kappa shape index (κ1) is 15.2. The lowest BCUT2D eigenvalue weighted by atomic mass is 10.4. The van der Waals surface area contributed by atoms with Crippen molar-refractivity contribution in [3.63, 3.8) is 0 Å². The van der Waals surface area contributed by atoms with Crippen molar-refractivity contribution >= 4 is 29.9 Å². The number of nitrogens with two attached hydrogens (primary N) is 1. The van der Waals surface area contributed by atoms with Crippen LogP contribution in [0.1, 0.15) is 19.5 Å². The lowest BCUT2D eigenvalue weighted by Crippen LogP contribution is -2.37. The number of hydrogen-bond acceptors (Lipinski definition) is 2. The molecule has 92 valence electrons. The summed E-state index contributed by atoms with van der Waals surface area (Å²) >= 11 is 0. The van der Waals surface area contributed by atoms with Crippen molar-refractivity contribution in [3.8, 4) is 0 Å². The summed E-state index contributed by atoms with van der Waals surface area (Å²) < 4.78 is 1.80. The molecule has 0 bridgehead atoms. The second-order valence-corrected chi connectivity index (χ2v) is 3.29. The van der Waals surface area contributed by atoms with E-state index in [1.807, 2.05) is 18.0 Å². The molecule has 0 saturated carbocycles. The van der Waals surface area contributed by atoms with Crippen LogP contribution in [-0.4, -0.2) is 33.7 Å². The van der Waals surface area contributed by atoms with Crippen LogP contribution >= 0.6 is 24.0 Å². The Hall–Kier alpha value is -0.790. The van der Waals surface area contributed by atoms with Crippen LogP contribution in [0.5, 0.6) is 0 Å². The maximum Gasteiger partial charge on any atom is 0.191 e. The Bertz CT molecular complexity index is 330. The average Bonchev–Trinajstić information content (AvgIpc) is 2.63. The predicted octanol–water partition coefficient (Wildman–Crippen LogP) is 1.19. The minimum Gasteiger partial charge on any atom is -0.370 e. The van der Waals surface area contributed by atoms with E-state index in [9.17, 15) is 0 Å². The number of nitrogens with zero attached hydrogens (tertiary/aromatic N) is 4. The number of guanidine groups is 1. The van der Waals surface area contributed by atoms with Crippen molar-refractivity contribution in [2.45, 2.75) is 20.4 Å². The highest BCUT2D eigenvalue weighted by Crippen LogP contribution is 1.99. The zero-order chi connectivity index (χ0) is 11.3. The smallest absolute Gasteiger partial charge is 0.191 e. The lowest BCUT2D eigenvalue weighted by molar-refractivity contribution is 0.457. The van der Waals surface area contributed by atoms with Gasteiger partial charge in [-0.25, -0.2) is 4.99 Å². The molecule has 0 aromatic carbocycles. The fraction of sp³-hybridized carbons (Fsp3) is 0.600. The van der Waals surface area contributed by atoms with E-state index in [0.29, 0.717) is 12.5 Å². The molecule has 16 heavy (non-hydrogen) atoms. The number of rotatable bonds is 4. The van der Waals surface area contributed by atoms with Crippen LogP contribution in [0, 0.1) is 0 Å². The summed E-state index contributed by atoms with van der Waals surface area (Å²) in [5.74, 6) is 0.598. The van der Waals surface area contributed by atoms with E-state index < -0.39 is 0 Å². The standard InChI is InChI=1S/C10H19N5.HI/c1-4-15(5-2)10(11)12-8-9-6-7-13-14(9)3;/h6-7H,4-5,8H2,1-3H3,(H2,11,12);1H. The number of aromatic nitrogens is 2. The van der Waals surface area contributed by atoms with Crippen LogP contribution in [0.15, 0.2) is 17.3 Å². The van der Waals surface area contributed by atoms with Gasteiger partial charge in [-0.05, 0) is 19.9 Å². The normalized spacial score (nSPS) is 11.1. The molecular formula is C10H20IN5. The molecule has 0 aliphatic heterocycles. The Labute approximate surface area is 114 Å². The highest BCUT2D eigenvalue weighted by molar-refractivity contribution is 14.0. The Balaban J connectivity index is 0.00000225. The molecule has 6 heteroatoms. The highest BCUT2D eigenvalue weighted by atomic mass is 127. The van der Waals surface area contributed by atoms with Crippen LogP contribution in [-0.2, 0) is 13.6 Å². The van der Waals surface area contributed by atoms with E-state index in [2.05, 4.69) is 23.9 Å². The van der Waals surface area contributed by atoms with E-state index in [4.69, 9.17) is 5.73 Å². The van der Waals surface area contributed by atoms with E-state index in [-0.39, 0.29) is 24.0 Å². The summed E-state index contributed by atoms with van der Waals surface area (Å²) in [6, 6.07) is 1.94. The second-order valence-electron chi connectivity index (χ2n) is 3.29. The van der Waals surface area contributed by atoms with Crippen molar-refractivity contribution in [1.29, 1.82) is 0 Å². The Kier molecular flexibility index (Phi) is 7.11. The molecule has 0 unspecified atom stereocenters. The first-order valence-electron chi connectivity index (χ1n) is 5.20. The van der Waals surface area contributed by atoms with Crippen LogP contribution in [0.3, 0.4) is 0 Å². The third kappa shape index (κ3) is 3.99. The van der Waals surface area contributed by atoms with E-state index in [1.165, 1.54) is 0 Å². The largest absolute Gasteiger partial charge is 0.370 e. The SMILES string of the molecule is CCN(CC)C(N)=NCc1ccnn1C.I. The van der Waals surface area contributed by atoms with Gasteiger partial charge < -0.3 is 10.6 Å². The van der Waals surface area contributed by atoms with Crippen LogP contribution in [0.25, 0.3) is 0 Å². The second kappa shape index (κ2) is 7.48. The van der Waals surface area contributed by atoms with Gasteiger partial charge in [0.1, 0.15) is 0 Å². The average molecular weight is 337 g/mol. The van der Waals surface area contributed by atoms with E-state index in [0.717, 1.165) is 18.8 Å². The lowest BCUT2D eigenvalue weighted by Gasteiger charge is -2.19. The molecule has 0 aliphatic rings. The summed E-state index contributed by atoms with van der Waals surface area (Å²) in [6.45, 7) is 6.49. The maximum atomic E-state index is 5.85. The summed E-state index contributed by atoms with van der Waals surface area (Å²) in [6.07, 6.45) is 1.76. The predicted molar refractivity (Wildman–Crippen MR) is 76.9 cm³/mol. The number of halogens is 1. The molecule has 1 aromatic heterocycles. The zero-order valence-electron chi connectivity index (χ0n) is 10.1. The van der Waals surface area contributed by atoms with Crippen LogP contribution in [0.2, 0.25) is 0 Å². The van der Waals surface area contributed by atoms with Crippen molar-refractivity contribution in [2.75, 3.05) is 13.1 Å². The van der Waals surface area contributed by atoms with Crippen LogP contribution in [0.4, 0.5) is 0 Å². The monoisotopic (exact) mass is 337 g/mol. The third-order valence-corrected chi connectivity index (χ3v) is 2.41. The molecule has 1 aromatic rings. The zero-order valence-corrected chi connectivity index (χ0v) is 12.4. The summed E-state index contributed by atoms with van der Waals surface area (Å²) in [5.41, 5.74) is 6.91. The molecule has 0 saturated heterocycles. The van der Waals surface area contributed by atoms with Gasteiger partial charge in [-0.2, -0.15) is 5.10 Å². The molecule has 1 rings (SSSR count). The van der Waals surface area contributed by atoms with Gasteiger partial charge in [0.15, 0.2) is 5.96 Å². The number of aliphatic imine (C=N–C) groups is 1. The van der Waals surface area contributed by atoms with Crippen LogP contribution < -0.4 is 5.73 Å². The van der Waals surface area contributed by atoms with Gasteiger partial charge in [-0.1, -0.05) is 0 Å². The molecule has 1 heterocycles. The van der Waals surface area contributed by atoms with Crippen molar-refractivity contribution in [2.24, 2.45) is 17.8 Å². The van der Waals surface area contributed by atoms with Gasteiger partial charge >= 0.3 is 0 Å². The van der Waals surface area contributed by atoms with Crippen molar-refractivity contribution < 1.29 is 0 Å². The van der Waals surface area contributed by atoms with Crippen molar-refractivity contribution in [3.05, 3.63) is 18.0 Å². The summed E-state index contributed by atoms with van der Waals surface area (Å²) in [7, 11) is 1.90. The third-order valence-electron chi connectivity index (χ3n) is 2.41. The Morgan fingerprint density at radius 2 is 2.12 bits per heavy atom. The highest BCUT2D eigenvalue weighted by Gasteiger charge is 2.02. The maximum absolute atomic E-state index is 5.85. The summed E-state index contributed by atoms with van der Waals surface area (Å²) in [5, 5.41) is 4.07. The minimum atomic E-state index is 0.